The molecule has 0 spiro atoms. The molecule has 0 saturated heterocycles. The molecule has 1 heterocycles. The van der Waals surface area contributed by atoms with Gasteiger partial charge in [0.05, 0.1) is 11.4 Å². The quantitative estimate of drug-likeness (QED) is 0.798. The zero-order chi connectivity index (χ0) is 16.6. The topological polar surface area (TPSA) is 9.72 Å². The van der Waals surface area contributed by atoms with E-state index in [0.717, 1.165) is 0 Å². The highest BCUT2D eigenvalue weighted by atomic mass is 32.3. The molecule has 23 heavy (non-hydrogen) atoms. The zero-order valence-electron chi connectivity index (χ0n) is 14.5. The van der Waals surface area contributed by atoms with Gasteiger partial charge in [-0.2, -0.15) is 0 Å². The number of para-hydroxylation sites is 2. The van der Waals surface area contributed by atoms with Crippen LogP contribution >= 0.6 is 10.6 Å². The van der Waals surface area contributed by atoms with Crippen LogP contribution in [0.25, 0.3) is 0 Å². The monoisotopic (exact) mass is 327 g/mol. The van der Waals surface area contributed by atoms with Crippen molar-refractivity contribution >= 4 is 22.0 Å². The van der Waals surface area contributed by atoms with Crippen molar-refractivity contribution in [1.82, 2.24) is 4.31 Å². The molecule has 0 atom stereocenters. The van der Waals surface area contributed by atoms with E-state index >= 15 is 0 Å². The Bertz CT molecular complexity index is 683. The third-order valence-corrected chi connectivity index (χ3v) is 7.99. The summed E-state index contributed by atoms with van der Waals surface area (Å²) in [6, 6.07) is 17.2. The average molecular weight is 327 g/mol. The summed E-state index contributed by atoms with van der Waals surface area (Å²) in [6.45, 7) is 4.35. The minimum Gasteiger partial charge on any atom is -0.281 e. The number of benzene rings is 2. The fraction of sp³-hybridized carbons (Fsp3) is 0.263. The molecule has 0 unspecified atom stereocenters. The first kappa shape index (κ1) is 16.0. The van der Waals surface area contributed by atoms with Crippen molar-refractivity contribution in [2.45, 2.75) is 13.8 Å². The lowest BCUT2D eigenvalue weighted by atomic mass is 10.2. The predicted molar refractivity (Wildman–Crippen MR) is 104 cm³/mol. The summed E-state index contributed by atoms with van der Waals surface area (Å²) in [5, 5.41) is 0. The fourth-order valence-corrected chi connectivity index (χ4v) is 5.57. The van der Waals surface area contributed by atoms with E-state index in [0.29, 0.717) is 0 Å². The first-order valence-corrected chi connectivity index (χ1v) is 9.71. The van der Waals surface area contributed by atoms with Gasteiger partial charge in [-0.1, -0.05) is 36.4 Å². The molecule has 2 aromatic carbocycles. The van der Waals surface area contributed by atoms with Crippen molar-refractivity contribution in [3.05, 3.63) is 72.1 Å². The van der Waals surface area contributed by atoms with Crippen molar-refractivity contribution in [3.8, 4) is 0 Å². The van der Waals surface area contributed by atoms with Gasteiger partial charge in [0.25, 0.3) is 0 Å². The molecule has 0 amide bonds. The average Bonchev–Trinajstić information content (AvgIpc) is 2.87. The fourth-order valence-electron chi connectivity index (χ4n) is 2.95. The minimum atomic E-state index is -1.36. The largest absolute Gasteiger partial charge is 0.281 e. The maximum Gasteiger partial charge on any atom is 0.0559 e. The Kier molecular flexibility index (Phi) is 4.13. The summed E-state index contributed by atoms with van der Waals surface area (Å²) >= 11 is 0. The third kappa shape index (κ3) is 2.52. The normalized spacial score (nSPS) is 17.8. The van der Waals surface area contributed by atoms with Crippen molar-refractivity contribution in [3.63, 3.8) is 0 Å². The van der Waals surface area contributed by atoms with E-state index in [2.05, 4.69) is 108 Å². The predicted octanol–water partition coefficient (Wildman–Crippen LogP) is 4.84. The van der Waals surface area contributed by atoms with Crippen LogP contribution in [0.2, 0.25) is 0 Å². The molecule has 3 rings (SSSR count). The van der Waals surface area contributed by atoms with Gasteiger partial charge in [0, 0.05) is 18.7 Å². The second kappa shape index (κ2) is 5.95. The van der Waals surface area contributed by atoms with Crippen LogP contribution in [0.15, 0.2) is 60.9 Å². The Morgan fingerprint density at radius 3 is 1.48 bits per heavy atom. The number of hydrogen-bond donors (Lipinski definition) is 0. The Hall–Kier alpha value is -1.91. The Morgan fingerprint density at radius 1 is 0.739 bits per heavy atom. The van der Waals surface area contributed by atoms with Crippen molar-refractivity contribution in [1.29, 1.82) is 0 Å². The maximum atomic E-state index is 2.43. The molecule has 0 aromatic heterocycles. The lowest BCUT2D eigenvalue weighted by molar-refractivity contribution is 0.679. The van der Waals surface area contributed by atoms with Gasteiger partial charge >= 0.3 is 0 Å². The SMILES string of the molecule is Cc1ccccc1N1C=CN(c2ccccc2C)S1(C)N(C)C. The second-order valence-electron chi connectivity index (χ2n) is 6.13. The molecule has 0 radical (unpaired) electrons. The van der Waals surface area contributed by atoms with Crippen molar-refractivity contribution in [2.75, 3.05) is 29.0 Å². The number of rotatable bonds is 3. The Morgan fingerprint density at radius 2 is 1.13 bits per heavy atom. The van der Waals surface area contributed by atoms with Gasteiger partial charge < -0.3 is 0 Å². The molecule has 2 aromatic rings. The van der Waals surface area contributed by atoms with Crippen LogP contribution in [0.4, 0.5) is 11.4 Å². The van der Waals surface area contributed by atoms with Gasteiger partial charge in [-0.15, -0.1) is 0 Å². The van der Waals surface area contributed by atoms with Gasteiger partial charge in [-0.25, -0.2) is 4.31 Å². The van der Waals surface area contributed by atoms with Gasteiger partial charge in [-0.3, -0.25) is 8.61 Å². The van der Waals surface area contributed by atoms with E-state index in [-0.39, 0.29) is 0 Å². The van der Waals surface area contributed by atoms with Crippen LogP contribution < -0.4 is 8.61 Å². The molecule has 0 saturated carbocycles. The number of nitrogens with zero attached hydrogens (tertiary/aromatic N) is 3. The highest BCUT2D eigenvalue weighted by molar-refractivity contribution is 8.33. The van der Waals surface area contributed by atoms with E-state index in [4.69, 9.17) is 0 Å². The van der Waals surface area contributed by atoms with E-state index < -0.39 is 10.6 Å². The number of hydrogen-bond acceptors (Lipinski definition) is 3. The molecule has 0 aliphatic carbocycles. The lowest BCUT2D eigenvalue weighted by Gasteiger charge is -2.52. The highest BCUT2D eigenvalue weighted by Crippen LogP contribution is 2.61. The molecule has 0 fully saturated rings. The van der Waals surface area contributed by atoms with Crippen LogP contribution in [-0.2, 0) is 0 Å². The molecule has 3 nitrogen and oxygen atoms in total. The van der Waals surface area contributed by atoms with E-state index in [9.17, 15) is 0 Å². The van der Waals surface area contributed by atoms with Crippen LogP contribution in [0, 0.1) is 13.8 Å². The molecule has 1 aliphatic heterocycles. The summed E-state index contributed by atoms with van der Waals surface area (Å²) in [6.07, 6.45) is 6.76. The molecule has 0 bridgehead atoms. The minimum absolute atomic E-state index is 1.27. The Labute approximate surface area is 141 Å². The molecular formula is C19H25N3S. The van der Waals surface area contributed by atoms with Crippen molar-refractivity contribution in [2.24, 2.45) is 0 Å². The summed E-state index contributed by atoms with van der Waals surface area (Å²) in [5.74, 6) is 0. The first-order chi connectivity index (χ1) is 11.0. The molecule has 0 N–H and O–H groups in total. The van der Waals surface area contributed by atoms with Crippen LogP contribution in [0.5, 0.6) is 0 Å². The van der Waals surface area contributed by atoms with Crippen LogP contribution in [0.1, 0.15) is 11.1 Å². The van der Waals surface area contributed by atoms with Gasteiger partial charge in [0.2, 0.25) is 0 Å². The number of anilines is 2. The van der Waals surface area contributed by atoms with E-state index in [1.807, 2.05) is 0 Å². The number of aryl methyl sites for hydroxylation is 2. The second-order valence-corrected chi connectivity index (χ2v) is 9.23. The third-order valence-electron chi connectivity index (χ3n) is 4.48. The molecule has 1 aliphatic rings. The van der Waals surface area contributed by atoms with Gasteiger partial charge in [0.1, 0.15) is 0 Å². The van der Waals surface area contributed by atoms with Crippen LogP contribution in [0.3, 0.4) is 0 Å². The summed E-state index contributed by atoms with van der Waals surface area (Å²) in [7, 11) is 2.97. The summed E-state index contributed by atoms with van der Waals surface area (Å²) < 4.78 is 7.19. The van der Waals surface area contributed by atoms with Crippen LogP contribution in [-0.4, -0.2) is 24.7 Å². The summed E-state index contributed by atoms with van der Waals surface area (Å²) in [5.41, 5.74) is 5.13. The first-order valence-electron chi connectivity index (χ1n) is 7.80. The van der Waals surface area contributed by atoms with Gasteiger partial charge in [0.15, 0.2) is 0 Å². The smallest absolute Gasteiger partial charge is 0.0559 e. The molecule has 4 heteroatoms. The van der Waals surface area contributed by atoms with Gasteiger partial charge in [-0.05, 0) is 61.8 Å². The maximum absolute atomic E-state index is 2.43. The lowest BCUT2D eigenvalue weighted by Crippen LogP contribution is -2.38. The molecule has 122 valence electrons. The summed E-state index contributed by atoms with van der Waals surface area (Å²) in [4.78, 5) is 0. The van der Waals surface area contributed by atoms with E-state index in [1.54, 1.807) is 0 Å². The van der Waals surface area contributed by atoms with Crippen molar-refractivity contribution < 1.29 is 0 Å². The van der Waals surface area contributed by atoms with E-state index in [1.165, 1.54) is 22.5 Å². The zero-order valence-corrected chi connectivity index (χ0v) is 15.3. The standard InChI is InChI=1S/C19H25N3S/c1-16-10-6-8-12-18(16)21-14-15-22(23(21,5)20(3)4)19-13-9-7-11-17(19)2/h6-15H,1-5H3. The Balaban J connectivity index is 2.11. The molecular weight excluding hydrogens is 302 g/mol. The highest BCUT2D eigenvalue weighted by Gasteiger charge is 2.39.